The van der Waals surface area contributed by atoms with Crippen LogP contribution in [0.15, 0.2) is 18.2 Å². The summed E-state index contributed by atoms with van der Waals surface area (Å²) in [6, 6.07) is 4.82. The van der Waals surface area contributed by atoms with E-state index in [1.807, 2.05) is 0 Å². The lowest BCUT2D eigenvalue weighted by Crippen LogP contribution is -2.26. The minimum absolute atomic E-state index is 0.198. The molecule has 1 aromatic carbocycles. The zero-order chi connectivity index (χ0) is 12.7. The van der Waals surface area contributed by atoms with Crippen molar-refractivity contribution in [3.05, 3.63) is 28.8 Å². The second-order valence-electron chi connectivity index (χ2n) is 3.25. The van der Waals surface area contributed by atoms with E-state index in [1.54, 1.807) is 30.0 Å². The molecule has 0 aromatic heterocycles. The molecule has 0 aliphatic rings. The summed E-state index contributed by atoms with van der Waals surface area (Å²) in [6.07, 6.45) is 5.11. The van der Waals surface area contributed by atoms with Crippen LogP contribution in [0.25, 0.3) is 0 Å². The molecule has 0 aliphatic carbocycles. The number of nitrogens with two attached hydrogens (primary N) is 1. The molecule has 1 rings (SSSR count). The number of nitrogens with one attached hydrogen (secondary N) is 1. The van der Waals surface area contributed by atoms with E-state index in [0.717, 1.165) is 5.75 Å². The summed E-state index contributed by atoms with van der Waals surface area (Å²) in [5.41, 5.74) is 6.52. The maximum atomic E-state index is 11.7. The van der Waals surface area contributed by atoms with Crippen molar-refractivity contribution in [2.24, 2.45) is 0 Å². The van der Waals surface area contributed by atoms with Gasteiger partial charge in [-0.15, -0.1) is 18.2 Å². The number of nitrogen functional groups attached to an aromatic ring is 1. The van der Waals surface area contributed by atoms with Crippen molar-refractivity contribution in [3.8, 4) is 12.3 Å². The Morgan fingerprint density at radius 2 is 2.35 bits per heavy atom. The second-order valence-corrected chi connectivity index (χ2v) is 4.76. The first-order valence-corrected chi connectivity index (χ1v) is 6.53. The maximum Gasteiger partial charge on any atom is 0.252 e. The monoisotopic (exact) mass is 268 g/mol. The van der Waals surface area contributed by atoms with E-state index in [1.165, 1.54) is 0 Å². The number of amides is 1. The predicted molar refractivity (Wildman–Crippen MR) is 74.4 cm³/mol. The number of halogens is 1. The summed E-state index contributed by atoms with van der Waals surface area (Å²) in [4.78, 5) is 11.7. The Labute approximate surface area is 110 Å². The van der Waals surface area contributed by atoms with Crippen LogP contribution in [0.5, 0.6) is 0 Å². The number of anilines is 1. The molecular formula is C12H13ClN2OS. The van der Waals surface area contributed by atoms with Gasteiger partial charge in [0.1, 0.15) is 0 Å². The van der Waals surface area contributed by atoms with E-state index in [9.17, 15) is 4.79 Å². The fraction of sp³-hybridized carbons (Fsp3) is 0.250. The van der Waals surface area contributed by atoms with Crippen LogP contribution in [0, 0.1) is 12.3 Å². The molecule has 0 fully saturated rings. The highest BCUT2D eigenvalue weighted by Crippen LogP contribution is 2.18. The summed E-state index contributed by atoms with van der Waals surface area (Å²) in [5.74, 6) is 3.75. The van der Waals surface area contributed by atoms with Gasteiger partial charge in [-0.2, -0.15) is 0 Å². The average molecular weight is 269 g/mol. The predicted octanol–water partition coefficient (Wildman–Crippen LogP) is 2.02. The fourth-order valence-corrected chi connectivity index (χ4v) is 1.96. The van der Waals surface area contributed by atoms with Gasteiger partial charge in [0.05, 0.1) is 16.3 Å². The Morgan fingerprint density at radius 1 is 1.59 bits per heavy atom. The Bertz CT molecular complexity index is 443. The summed E-state index contributed by atoms with van der Waals surface area (Å²) < 4.78 is 0. The lowest BCUT2D eigenvalue weighted by molar-refractivity contribution is 0.0956. The second kappa shape index (κ2) is 7.10. The third-order valence-corrected chi connectivity index (χ3v) is 3.13. The molecule has 0 bridgehead atoms. The first-order valence-electron chi connectivity index (χ1n) is 4.99. The van der Waals surface area contributed by atoms with Gasteiger partial charge in [0.2, 0.25) is 0 Å². The molecule has 0 saturated carbocycles. The lowest BCUT2D eigenvalue weighted by Gasteiger charge is -2.06. The number of benzene rings is 1. The molecule has 0 saturated heterocycles. The van der Waals surface area contributed by atoms with Crippen LogP contribution in [0.2, 0.25) is 5.02 Å². The molecule has 0 aliphatic heterocycles. The molecule has 0 radical (unpaired) electrons. The van der Waals surface area contributed by atoms with E-state index in [-0.39, 0.29) is 5.91 Å². The molecule has 17 heavy (non-hydrogen) atoms. The van der Waals surface area contributed by atoms with Crippen molar-refractivity contribution in [3.63, 3.8) is 0 Å². The lowest BCUT2D eigenvalue weighted by atomic mass is 10.2. The van der Waals surface area contributed by atoms with Crippen molar-refractivity contribution in [1.29, 1.82) is 0 Å². The van der Waals surface area contributed by atoms with Crippen LogP contribution in [0.4, 0.5) is 5.69 Å². The van der Waals surface area contributed by atoms with Crippen LogP contribution in [-0.2, 0) is 0 Å². The number of hydrogen-bond donors (Lipinski definition) is 2. The van der Waals surface area contributed by atoms with Crippen molar-refractivity contribution in [2.75, 3.05) is 23.8 Å². The summed E-state index contributed by atoms with van der Waals surface area (Å²) in [7, 11) is 0. The first kappa shape index (κ1) is 13.8. The zero-order valence-electron chi connectivity index (χ0n) is 9.20. The van der Waals surface area contributed by atoms with Crippen molar-refractivity contribution in [1.82, 2.24) is 5.32 Å². The number of thioether (sulfide) groups is 1. The minimum atomic E-state index is -0.198. The standard InChI is InChI=1S/C12H13ClN2OS/c1-2-6-17-7-5-15-12(16)10-4-3-9(14)8-11(10)13/h1,3-4,8H,5-7,14H2,(H,15,16). The zero-order valence-corrected chi connectivity index (χ0v) is 10.8. The molecule has 0 heterocycles. The molecule has 1 amide bonds. The van der Waals surface area contributed by atoms with Gasteiger partial charge in [0.25, 0.3) is 5.91 Å². The molecule has 3 N–H and O–H groups in total. The van der Waals surface area contributed by atoms with Crippen molar-refractivity contribution in [2.45, 2.75) is 0 Å². The van der Waals surface area contributed by atoms with Crippen LogP contribution in [-0.4, -0.2) is 24.0 Å². The summed E-state index contributed by atoms with van der Waals surface area (Å²) in [6.45, 7) is 0.561. The van der Waals surface area contributed by atoms with Crippen LogP contribution < -0.4 is 11.1 Å². The van der Waals surface area contributed by atoms with Crippen molar-refractivity contribution >= 4 is 35.0 Å². The Hall–Kier alpha value is -1.31. The number of carbonyl (C=O) groups is 1. The third-order valence-electron chi connectivity index (χ3n) is 1.96. The van der Waals surface area contributed by atoms with E-state index in [0.29, 0.717) is 28.6 Å². The van der Waals surface area contributed by atoms with E-state index < -0.39 is 0 Å². The highest BCUT2D eigenvalue weighted by Gasteiger charge is 2.09. The normalized spacial score (nSPS) is 9.65. The van der Waals surface area contributed by atoms with Gasteiger partial charge in [-0.3, -0.25) is 4.79 Å². The van der Waals surface area contributed by atoms with E-state index >= 15 is 0 Å². The van der Waals surface area contributed by atoms with Gasteiger partial charge < -0.3 is 11.1 Å². The molecule has 1 aromatic rings. The van der Waals surface area contributed by atoms with Gasteiger partial charge in [-0.25, -0.2) is 0 Å². The highest BCUT2D eigenvalue weighted by atomic mass is 35.5. The molecule has 0 spiro atoms. The Balaban J connectivity index is 2.45. The number of rotatable bonds is 5. The average Bonchev–Trinajstić information content (AvgIpc) is 2.28. The SMILES string of the molecule is C#CCSCCNC(=O)c1ccc(N)cc1Cl. The van der Waals surface area contributed by atoms with Crippen LogP contribution in [0.3, 0.4) is 0 Å². The quantitative estimate of drug-likeness (QED) is 0.488. The maximum absolute atomic E-state index is 11.7. The topological polar surface area (TPSA) is 55.1 Å². The number of carbonyl (C=O) groups excluding carboxylic acids is 1. The van der Waals surface area contributed by atoms with Gasteiger partial charge in [0, 0.05) is 18.0 Å². The molecule has 3 nitrogen and oxygen atoms in total. The largest absolute Gasteiger partial charge is 0.399 e. The molecular weight excluding hydrogens is 256 g/mol. The molecule has 0 unspecified atom stereocenters. The smallest absolute Gasteiger partial charge is 0.252 e. The minimum Gasteiger partial charge on any atom is -0.399 e. The number of terminal acetylenes is 1. The van der Waals surface area contributed by atoms with E-state index in [4.69, 9.17) is 23.8 Å². The van der Waals surface area contributed by atoms with Crippen molar-refractivity contribution < 1.29 is 4.79 Å². The Kier molecular flexibility index (Phi) is 5.75. The van der Waals surface area contributed by atoms with Gasteiger partial charge in [-0.05, 0) is 18.2 Å². The first-order chi connectivity index (χ1) is 8.15. The highest BCUT2D eigenvalue weighted by molar-refractivity contribution is 7.99. The molecule has 0 atom stereocenters. The number of hydrogen-bond acceptors (Lipinski definition) is 3. The van der Waals surface area contributed by atoms with Gasteiger partial charge >= 0.3 is 0 Å². The summed E-state index contributed by atoms with van der Waals surface area (Å²) in [5, 5.41) is 3.12. The fourth-order valence-electron chi connectivity index (χ4n) is 1.18. The summed E-state index contributed by atoms with van der Waals surface area (Å²) >= 11 is 7.51. The van der Waals surface area contributed by atoms with Gasteiger partial charge in [0.15, 0.2) is 0 Å². The third kappa shape index (κ3) is 4.59. The van der Waals surface area contributed by atoms with Crippen LogP contribution >= 0.6 is 23.4 Å². The Morgan fingerprint density at radius 3 is 3.00 bits per heavy atom. The van der Waals surface area contributed by atoms with E-state index in [2.05, 4.69) is 11.2 Å². The molecule has 5 heteroatoms. The van der Waals surface area contributed by atoms with Gasteiger partial charge in [-0.1, -0.05) is 17.5 Å². The molecule has 90 valence electrons. The van der Waals surface area contributed by atoms with Crippen LogP contribution in [0.1, 0.15) is 10.4 Å².